The van der Waals surface area contributed by atoms with Crippen LogP contribution in [0.3, 0.4) is 0 Å². The van der Waals surface area contributed by atoms with Crippen LogP contribution in [0, 0.1) is 0 Å². The van der Waals surface area contributed by atoms with E-state index in [0.29, 0.717) is 19.4 Å². The molecule has 0 aliphatic carbocycles. The number of hydrogen-bond acceptors (Lipinski definition) is 4. The van der Waals surface area contributed by atoms with Gasteiger partial charge in [-0.2, -0.15) is 0 Å². The first-order valence-electron chi connectivity index (χ1n) is 6.26. The molecule has 0 radical (unpaired) electrons. The van der Waals surface area contributed by atoms with Crippen LogP contribution < -0.4 is 20.1 Å². The molecule has 2 unspecified atom stereocenters. The van der Waals surface area contributed by atoms with Gasteiger partial charge < -0.3 is 14.8 Å². The molecule has 2 saturated heterocycles. The third kappa shape index (κ3) is 2.53. The van der Waals surface area contributed by atoms with Crippen LogP contribution in [0.25, 0.3) is 0 Å². The minimum absolute atomic E-state index is 0.664. The number of hydrogen-bond donors (Lipinski definition) is 2. The number of ether oxygens (including phenoxy) is 2. The van der Waals surface area contributed by atoms with Gasteiger partial charge in [-0.05, 0) is 25.0 Å². The summed E-state index contributed by atoms with van der Waals surface area (Å²) in [5, 5.41) is 6.76. The maximum absolute atomic E-state index is 5.30. The molecule has 4 heteroatoms. The van der Waals surface area contributed by atoms with E-state index in [1.807, 2.05) is 24.3 Å². The maximum Gasteiger partial charge on any atom is 0.161 e. The van der Waals surface area contributed by atoms with Crippen LogP contribution in [0.1, 0.15) is 12.8 Å². The monoisotopic (exact) mass is 234 g/mol. The Morgan fingerprint density at radius 1 is 1.00 bits per heavy atom. The summed E-state index contributed by atoms with van der Waals surface area (Å²) in [4.78, 5) is 0. The average molecular weight is 234 g/mol. The number of para-hydroxylation sites is 2. The summed E-state index contributed by atoms with van der Waals surface area (Å²) < 4.78 is 10.6. The first-order valence-corrected chi connectivity index (χ1v) is 6.26. The molecule has 3 aliphatic heterocycles. The first-order chi connectivity index (χ1) is 8.42. The lowest BCUT2D eigenvalue weighted by atomic mass is 10.2. The fourth-order valence-corrected chi connectivity index (χ4v) is 2.42. The number of nitrogens with one attached hydrogen (secondary N) is 2. The van der Waals surface area contributed by atoms with Crippen molar-refractivity contribution >= 4 is 0 Å². The molecule has 2 N–H and O–H groups in total. The van der Waals surface area contributed by atoms with Crippen molar-refractivity contribution in [2.45, 2.75) is 25.0 Å². The summed E-state index contributed by atoms with van der Waals surface area (Å²) in [5.41, 5.74) is 0. The van der Waals surface area contributed by atoms with Gasteiger partial charge in [-0.15, -0.1) is 0 Å². The lowest BCUT2D eigenvalue weighted by Gasteiger charge is -2.17. The van der Waals surface area contributed by atoms with Crippen molar-refractivity contribution in [3.63, 3.8) is 0 Å². The quantitative estimate of drug-likeness (QED) is 0.706. The van der Waals surface area contributed by atoms with Gasteiger partial charge in [0, 0.05) is 12.6 Å². The Balaban J connectivity index is 0.000000113. The van der Waals surface area contributed by atoms with Crippen LogP contribution in [-0.2, 0) is 0 Å². The van der Waals surface area contributed by atoms with Crippen molar-refractivity contribution in [1.29, 1.82) is 0 Å². The molecule has 0 saturated carbocycles. The molecule has 0 aromatic heterocycles. The van der Waals surface area contributed by atoms with Gasteiger partial charge in [-0.3, -0.25) is 5.32 Å². The number of benzene rings is 1. The number of rotatable bonds is 0. The molecule has 1 aromatic rings. The largest absolute Gasteiger partial charge is 0.486 e. The van der Waals surface area contributed by atoms with Crippen LogP contribution in [0.4, 0.5) is 0 Å². The third-order valence-corrected chi connectivity index (χ3v) is 3.30. The Kier molecular flexibility index (Phi) is 3.16. The van der Waals surface area contributed by atoms with Crippen molar-refractivity contribution in [2.75, 3.05) is 19.8 Å². The van der Waals surface area contributed by atoms with E-state index in [0.717, 1.165) is 17.5 Å². The van der Waals surface area contributed by atoms with Gasteiger partial charge in [0.15, 0.2) is 11.5 Å². The van der Waals surface area contributed by atoms with E-state index < -0.39 is 0 Å². The smallest absolute Gasteiger partial charge is 0.161 e. The van der Waals surface area contributed by atoms with Gasteiger partial charge in [-0.1, -0.05) is 12.1 Å². The molecule has 3 aliphatic rings. The lowest BCUT2D eigenvalue weighted by Crippen LogP contribution is -2.27. The molecule has 2 bridgehead atoms. The van der Waals surface area contributed by atoms with E-state index in [2.05, 4.69) is 10.6 Å². The molecule has 3 heterocycles. The molecule has 1 aromatic carbocycles. The van der Waals surface area contributed by atoms with Gasteiger partial charge in [0.2, 0.25) is 0 Å². The highest BCUT2D eigenvalue weighted by Gasteiger charge is 2.29. The number of fused-ring (bicyclic) bond motifs is 3. The van der Waals surface area contributed by atoms with Gasteiger partial charge in [-0.25, -0.2) is 0 Å². The number of piperidine rings is 1. The normalized spacial score (nSPS) is 28.5. The van der Waals surface area contributed by atoms with E-state index in [1.165, 1.54) is 19.4 Å². The highest BCUT2D eigenvalue weighted by molar-refractivity contribution is 5.40. The minimum atomic E-state index is 0.664. The van der Waals surface area contributed by atoms with Crippen LogP contribution in [0.15, 0.2) is 24.3 Å². The predicted octanol–water partition coefficient (Wildman–Crippen LogP) is 1.13. The highest BCUT2D eigenvalue weighted by Crippen LogP contribution is 2.28. The Labute approximate surface area is 101 Å². The second-order valence-corrected chi connectivity index (χ2v) is 4.55. The minimum Gasteiger partial charge on any atom is -0.486 e. The van der Waals surface area contributed by atoms with Gasteiger partial charge in [0.05, 0.1) is 6.17 Å². The predicted molar refractivity (Wildman–Crippen MR) is 65.4 cm³/mol. The van der Waals surface area contributed by atoms with Crippen LogP contribution in [0.2, 0.25) is 0 Å². The Bertz CT molecular complexity index is 340. The summed E-state index contributed by atoms with van der Waals surface area (Å²) in [6, 6.07) is 8.51. The van der Waals surface area contributed by atoms with E-state index in [4.69, 9.17) is 9.47 Å². The first kappa shape index (κ1) is 10.9. The molecule has 92 valence electrons. The Morgan fingerprint density at radius 2 is 1.71 bits per heavy atom. The Morgan fingerprint density at radius 3 is 2.06 bits per heavy atom. The maximum atomic E-state index is 5.30. The van der Waals surface area contributed by atoms with E-state index in [1.54, 1.807) is 0 Å². The lowest BCUT2D eigenvalue weighted by molar-refractivity contribution is 0.171. The summed E-state index contributed by atoms with van der Waals surface area (Å²) in [5.74, 6) is 1.71. The zero-order valence-electron chi connectivity index (χ0n) is 9.82. The SMILES string of the molecule is C1CC2NCC1N2.c1ccc2c(c1)OCCO2. The van der Waals surface area contributed by atoms with Gasteiger partial charge in [0.1, 0.15) is 13.2 Å². The molecule has 4 rings (SSSR count). The molecular formula is C13H18N2O2. The van der Waals surface area contributed by atoms with Crippen molar-refractivity contribution < 1.29 is 9.47 Å². The summed E-state index contributed by atoms with van der Waals surface area (Å²) in [6.07, 6.45) is 3.40. The summed E-state index contributed by atoms with van der Waals surface area (Å²) in [6.45, 7) is 2.53. The summed E-state index contributed by atoms with van der Waals surface area (Å²) in [7, 11) is 0. The van der Waals surface area contributed by atoms with Crippen molar-refractivity contribution in [3.05, 3.63) is 24.3 Å². The van der Waals surface area contributed by atoms with Crippen molar-refractivity contribution in [3.8, 4) is 11.5 Å². The molecule has 2 atom stereocenters. The zero-order chi connectivity index (χ0) is 11.5. The zero-order valence-corrected chi connectivity index (χ0v) is 9.82. The molecule has 0 amide bonds. The second kappa shape index (κ2) is 4.94. The molecule has 17 heavy (non-hydrogen) atoms. The third-order valence-electron chi connectivity index (χ3n) is 3.30. The van der Waals surface area contributed by atoms with Crippen molar-refractivity contribution in [1.82, 2.24) is 10.6 Å². The average Bonchev–Trinajstić information content (AvgIpc) is 3.04. The van der Waals surface area contributed by atoms with Crippen LogP contribution >= 0.6 is 0 Å². The topological polar surface area (TPSA) is 42.5 Å². The summed E-state index contributed by atoms with van der Waals surface area (Å²) >= 11 is 0. The van der Waals surface area contributed by atoms with E-state index in [-0.39, 0.29) is 0 Å². The van der Waals surface area contributed by atoms with Gasteiger partial charge in [0.25, 0.3) is 0 Å². The molecule has 0 spiro atoms. The van der Waals surface area contributed by atoms with E-state index >= 15 is 0 Å². The molecule has 4 nitrogen and oxygen atoms in total. The van der Waals surface area contributed by atoms with Gasteiger partial charge >= 0.3 is 0 Å². The fraction of sp³-hybridized carbons (Fsp3) is 0.538. The fourth-order valence-electron chi connectivity index (χ4n) is 2.42. The molecular weight excluding hydrogens is 216 g/mol. The van der Waals surface area contributed by atoms with Crippen molar-refractivity contribution in [2.24, 2.45) is 0 Å². The van der Waals surface area contributed by atoms with Crippen LogP contribution in [0.5, 0.6) is 11.5 Å². The molecule has 2 fully saturated rings. The van der Waals surface area contributed by atoms with E-state index in [9.17, 15) is 0 Å². The Hall–Kier alpha value is -1.26. The van der Waals surface area contributed by atoms with Crippen LogP contribution in [-0.4, -0.2) is 32.0 Å². The highest BCUT2D eigenvalue weighted by atomic mass is 16.6. The second-order valence-electron chi connectivity index (χ2n) is 4.55. The standard InChI is InChI=1S/C8H8O2.C5H10N2/c1-2-4-8-7(3-1)9-5-6-10-8;1-2-5-6-3-4(1)7-5/h1-4H,5-6H2;4-7H,1-3H2.